The molecule has 4 heteroatoms. The molecule has 0 heterocycles. The van der Waals surface area contributed by atoms with Crippen molar-refractivity contribution in [1.29, 1.82) is 0 Å². The molecule has 0 aromatic carbocycles. The van der Waals surface area contributed by atoms with Crippen LogP contribution in [0.4, 0.5) is 0 Å². The number of aliphatic hydroxyl groups is 1. The predicted octanol–water partition coefficient (Wildman–Crippen LogP) is 18.6. The number of allylic oxidation sites excluding steroid dienone is 8. The van der Waals surface area contributed by atoms with Gasteiger partial charge in [-0.05, 0) is 51.4 Å². The summed E-state index contributed by atoms with van der Waals surface area (Å²) >= 11 is 0. The second kappa shape index (κ2) is 54.5. The molecule has 1 unspecified atom stereocenters. The molecule has 4 nitrogen and oxygen atoms in total. The van der Waals surface area contributed by atoms with E-state index in [1.165, 1.54) is 218 Å². The lowest BCUT2D eigenvalue weighted by atomic mass is 10.0. The van der Waals surface area contributed by atoms with Crippen LogP contribution >= 0.6 is 0 Å². The van der Waals surface area contributed by atoms with E-state index in [4.69, 9.17) is 9.47 Å². The van der Waals surface area contributed by atoms with Crippen molar-refractivity contribution >= 4 is 5.97 Å². The molecule has 0 aromatic heterocycles. The van der Waals surface area contributed by atoms with Gasteiger partial charge in [-0.15, -0.1) is 0 Å². The number of unbranched alkanes of at least 4 members (excludes halogenated alkanes) is 35. The molecule has 0 saturated heterocycles. The molecule has 0 rings (SSSR count). The first kappa shape index (κ1) is 59.4. The van der Waals surface area contributed by atoms with Crippen LogP contribution in [0, 0.1) is 0 Å². The molecule has 358 valence electrons. The summed E-state index contributed by atoms with van der Waals surface area (Å²) in [6.45, 7) is 5.28. The average molecular weight is 855 g/mol. The molecule has 1 atom stereocenters. The van der Waals surface area contributed by atoms with Gasteiger partial charge in [0.25, 0.3) is 0 Å². The molecule has 0 spiro atoms. The lowest BCUT2D eigenvalue weighted by molar-refractivity contribution is -0.154. The fourth-order valence-corrected chi connectivity index (χ4v) is 8.15. The Morgan fingerprint density at radius 2 is 0.738 bits per heavy atom. The van der Waals surface area contributed by atoms with E-state index in [2.05, 4.69) is 62.5 Å². The minimum Gasteiger partial charge on any atom is -0.457 e. The van der Waals surface area contributed by atoms with Crippen LogP contribution in [-0.2, 0) is 14.3 Å². The van der Waals surface area contributed by atoms with Crippen molar-refractivity contribution in [2.45, 2.75) is 290 Å². The minimum absolute atomic E-state index is 0.171. The summed E-state index contributed by atoms with van der Waals surface area (Å²) in [4.78, 5) is 12.3. The van der Waals surface area contributed by atoms with Gasteiger partial charge in [0.2, 0.25) is 0 Å². The van der Waals surface area contributed by atoms with Crippen molar-refractivity contribution < 1.29 is 19.4 Å². The van der Waals surface area contributed by atoms with Crippen LogP contribution in [0.1, 0.15) is 284 Å². The van der Waals surface area contributed by atoms with Crippen molar-refractivity contribution in [3.05, 3.63) is 48.6 Å². The summed E-state index contributed by atoms with van der Waals surface area (Å²) in [5.41, 5.74) is 0. The molecule has 1 N–H and O–H groups in total. The van der Waals surface area contributed by atoms with Crippen LogP contribution in [-0.4, -0.2) is 37.0 Å². The van der Waals surface area contributed by atoms with Crippen molar-refractivity contribution in [2.24, 2.45) is 0 Å². The van der Waals surface area contributed by atoms with Crippen LogP contribution in [0.25, 0.3) is 0 Å². The monoisotopic (exact) mass is 855 g/mol. The van der Waals surface area contributed by atoms with E-state index in [-0.39, 0.29) is 12.6 Å². The normalized spacial score (nSPS) is 12.6. The first-order chi connectivity index (χ1) is 30.2. The van der Waals surface area contributed by atoms with Gasteiger partial charge in [0.1, 0.15) is 6.10 Å². The van der Waals surface area contributed by atoms with Gasteiger partial charge in [0.05, 0.1) is 13.2 Å². The van der Waals surface area contributed by atoms with Gasteiger partial charge in [-0.1, -0.05) is 274 Å². The third-order valence-corrected chi connectivity index (χ3v) is 12.2. The largest absolute Gasteiger partial charge is 0.457 e. The molecule has 0 aliphatic rings. The lowest BCUT2D eigenvalue weighted by Crippen LogP contribution is -2.27. The summed E-state index contributed by atoms with van der Waals surface area (Å²) in [6, 6.07) is 0. The second-order valence-corrected chi connectivity index (χ2v) is 18.3. The van der Waals surface area contributed by atoms with E-state index in [0.717, 1.165) is 44.9 Å². The molecule has 0 bridgehead atoms. The first-order valence-electron chi connectivity index (χ1n) is 27.2. The molecule has 61 heavy (non-hydrogen) atoms. The highest BCUT2D eigenvalue weighted by Crippen LogP contribution is 2.17. The van der Waals surface area contributed by atoms with Crippen LogP contribution in [0.2, 0.25) is 0 Å². The molecule has 0 aliphatic carbocycles. The van der Waals surface area contributed by atoms with Crippen LogP contribution in [0.3, 0.4) is 0 Å². The van der Waals surface area contributed by atoms with E-state index in [9.17, 15) is 9.90 Å². The first-order valence-corrected chi connectivity index (χ1v) is 27.2. The Morgan fingerprint density at radius 1 is 0.410 bits per heavy atom. The second-order valence-electron chi connectivity index (χ2n) is 18.3. The van der Waals surface area contributed by atoms with Crippen molar-refractivity contribution in [3.63, 3.8) is 0 Å². The molecule has 0 aliphatic heterocycles. The number of carbonyl (C=O) groups excluding carboxylic acids is 1. The maximum absolute atomic E-state index is 12.3. The molecular formula is C57H106O4. The fourth-order valence-electron chi connectivity index (χ4n) is 8.15. The van der Waals surface area contributed by atoms with Crippen LogP contribution < -0.4 is 0 Å². The summed E-state index contributed by atoms with van der Waals surface area (Å²) in [5.74, 6) is -0.201. The van der Waals surface area contributed by atoms with Gasteiger partial charge < -0.3 is 14.6 Å². The Labute approximate surface area is 382 Å². The van der Waals surface area contributed by atoms with Gasteiger partial charge in [0.15, 0.2) is 0 Å². The van der Waals surface area contributed by atoms with Gasteiger partial charge in [-0.3, -0.25) is 4.79 Å². The quantitative estimate of drug-likeness (QED) is 0.0376. The Morgan fingerprint density at radius 3 is 1.11 bits per heavy atom. The molecule has 0 radical (unpaired) electrons. The zero-order valence-electron chi connectivity index (χ0n) is 41.2. The van der Waals surface area contributed by atoms with E-state index in [1.54, 1.807) is 0 Å². The smallest absolute Gasteiger partial charge is 0.306 e. The molecule has 0 saturated carbocycles. The van der Waals surface area contributed by atoms with E-state index in [0.29, 0.717) is 19.6 Å². The highest BCUT2D eigenvalue weighted by atomic mass is 16.6. The Kier molecular flexibility index (Phi) is 53.0. The van der Waals surface area contributed by atoms with Gasteiger partial charge in [-0.2, -0.15) is 0 Å². The summed E-state index contributed by atoms with van der Waals surface area (Å²) in [5, 5.41) is 9.67. The predicted molar refractivity (Wildman–Crippen MR) is 270 cm³/mol. The molecular weight excluding hydrogens is 749 g/mol. The standard InChI is InChI=1S/C57H106O4/c1-3-5-7-9-11-13-15-17-19-21-23-25-27-28-29-31-33-35-37-39-41-43-45-47-49-51-53-60-55-56(54-58)61-57(59)52-50-48-46-44-42-40-38-36-34-32-30-26-24-22-20-18-16-14-12-10-8-6-4-2/h6,8,12,14,18,20,24,26,56,58H,3-5,7,9-11,13,15-17,19,21-23,25,27-55H2,1-2H3/b8-6-,14-12-,20-18-,26-24-. The number of hydrogen-bond acceptors (Lipinski definition) is 4. The summed E-state index contributed by atoms with van der Waals surface area (Å²) < 4.78 is 11.2. The van der Waals surface area contributed by atoms with Gasteiger partial charge in [0, 0.05) is 13.0 Å². The van der Waals surface area contributed by atoms with E-state index >= 15 is 0 Å². The third-order valence-electron chi connectivity index (χ3n) is 12.2. The van der Waals surface area contributed by atoms with E-state index in [1.807, 2.05) is 0 Å². The summed E-state index contributed by atoms with van der Waals surface area (Å²) in [7, 11) is 0. The fraction of sp³-hybridized carbons (Fsp3) is 0.842. The zero-order chi connectivity index (χ0) is 44.0. The Hall–Kier alpha value is -1.65. The third kappa shape index (κ3) is 52.6. The maximum Gasteiger partial charge on any atom is 0.306 e. The highest BCUT2D eigenvalue weighted by molar-refractivity contribution is 5.69. The van der Waals surface area contributed by atoms with Crippen molar-refractivity contribution in [1.82, 2.24) is 0 Å². The average Bonchev–Trinajstić information content (AvgIpc) is 3.27. The molecule has 0 amide bonds. The number of esters is 1. The van der Waals surface area contributed by atoms with Crippen molar-refractivity contribution in [2.75, 3.05) is 19.8 Å². The number of hydrogen-bond donors (Lipinski definition) is 1. The number of ether oxygens (including phenoxy) is 2. The van der Waals surface area contributed by atoms with Gasteiger partial charge in [-0.25, -0.2) is 0 Å². The number of carbonyl (C=O) groups is 1. The zero-order valence-corrected chi connectivity index (χ0v) is 41.2. The van der Waals surface area contributed by atoms with Gasteiger partial charge >= 0.3 is 5.97 Å². The topological polar surface area (TPSA) is 55.8 Å². The van der Waals surface area contributed by atoms with E-state index < -0.39 is 6.10 Å². The highest BCUT2D eigenvalue weighted by Gasteiger charge is 2.13. The van der Waals surface area contributed by atoms with Crippen LogP contribution in [0.15, 0.2) is 48.6 Å². The Bertz CT molecular complexity index is 951. The SMILES string of the molecule is CC/C=C\C/C=C\C/C=C\C/C=C\CCCCCCCCCCCCC(=O)OC(CO)COCCCCCCCCCCCCCCCCCCCCCCCCCCCC. The maximum atomic E-state index is 12.3. The number of aliphatic hydroxyl groups excluding tert-OH is 1. The molecule has 0 aromatic rings. The molecule has 0 fully saturated rings. The summed E-state index contributed by atoms with van der Waals surface area (Å²) in [6.07, 6.45) is 72.2. The lowest BCUT2D eigenvalue weighted by Gasteiger charge is -2.16. The minimum atomic E-state index is -0.537. The van der Waals surface area contributed by atoms with Crippen LogP contribution in [0.5, 0.6) is 0 Å². The number of rotatable bonds is 51. The van der Waals surface area contributed by atoms with Crippen molar-refractivity contribution in [3.8, 4) is 0 Å². The Balaban J connectivity index is 3.37.